The quantitative estimate of drug-likeness (QED) is 0.735. The summed E-state index contributed by atoms with van der Waals surface area (Å²) in [5.41, 5.74) is 2.86. The van der Waals surface area contributed by atoms with Gasteiger partial charge in [-0.3, -0.25) is 4.90 Å². The largest absolute Gasteiger partial charge is 0.392 e. The van der Waals surface area contributed by atoms with Crippen molar-refractivity contribution >= 4 is 11.6 Å². The Morgan fingerprint density at radius 3 is 2.39 bits per heavy atom. The molecule has 0 radical (unpaired) electrons. The van der Waals surface area contributed by atoms with Crippen LogP contribution in [-0.2, 0) is 6.54 Å². The van der Waals surface area contributed by atoms with Crippen LogP contribution < -0.4 is 9.80 Å². The molecule has 1 unspecified atom stereocenters. The van der Waals surface area contributed by atoms with Crippen LogP contribution in [0.4, 0.5) is 11.6 Å². The van der Waals surface area contributed by atoms with Gasteiger partial charge in [0.25, 0.3) is 0 Å². The summed E-state index contributed by atoms with van der Waals surface area (Å²) in [6.07, 6.45) is 1.37. The average Bonchev–Trinajstić information content (AvgIpc) is 2.73. The van der Waals surface area contributed by atoms with Gasteiger partial charge in [0, 0.05) is 57.7 Å². The number of β-amino-alcohol motifs (C(OH)–C–C–N with tert-alkyl or cyclic N) is 1. The number of aliphatic hydroxyl groups is 1. The number of hydrogen-bond acceptors (Lipinski definition) is 7. The standard InChI is InChI=1S/C24H34N6O/c1-19(31)16-28-11-13-29(14-12-28)22-7-5-20(6-8-22)17-30(18-24(2,3)4)23-26-10-9-21(15-25)27-23/h5-10,19,31H,11-14,16-18H2,1-4H3. The molecule has 0 saturated carbocycles. The van der Waals surface area contributed by atoms with E-state index in [1.807, 2.05) is 6.92 Å². The number of nitrogens with zero attached hydrogens (tertiary/aromatic N) is 6. The molecule has 0 spiro atoms. The Labute approximate surface area is 185 Å². The summed E-state index contributed by atoms with van der Waals surface area (Å²) in [5, 5.41) is 18.8. The molecule has 1 aliphatic heterocycles. The lowest BCUT2D eigenvalue weighted by Crippen LogP contribution is -2.48. The van der Waals surface area contributed by atoms with E-state index in [9.17, 15) is 10.4 Å². The molecule has 166 valence electrons. The van der Waals surface area contributed by atoms with Crippen molar-refractivity contribution in [2.45, 2.75) is 40.3 Å². The van der Waals surface area contributed by atoms with Gasteiger partial charge in [-0.05, 0) is 36.1 Å². The summed E-state index contributed by atoms with van der Waals surface area (Å²) in [4.78, 5) is 15.7. The fourth-order valence-corrected chi connectivity index (χ4v) is 3.93. The van der Waals surface area contributed by atoms with Gasteiger partial charge in [0.2, 0.25) is 5.95 Å². The van der Waals surface area contributed by atoms with Crippen molar-refractivity contribution in [1.82, 2.24) is 14.9 Å². The minimum Gasteiger partial charge on any atom is -0.392 e. The lowest BCUT2D eigenvalue weighted by molar-refractivity contribution is 0.123. The molecule has 1 aliphatic rings. The van der Waals surface area contributed by atoms with E-state index in [1.165, 1.54) is 11.3 Å². The minimum absolute atomic E-state index is 0.0672. The average molecular weight is 423 g/mol. The SMILES string of the molecule is CC(O)CN1CCN(c2ccc(CN(CC(C)(C)C)c3nccc(C#N)n3)cc2)CC1. The second-order valence-electron chi connectivity index (χ2n) is 9.57. The Bertz CT molecular complexity index is 876. The fraction of sp³-hybridized carbons (Fsp3) is 0.542. The summed E-state index contributed by atoms with van der Waals surface area (Å²) >= 11 is 0. The molecule has 0 bridgehead atoms. The van der Waals surface area contributed by atoms with Crippen LogP contribution in [0.15, 0.2) is 36.5 Å². The summed E-state index contributed by atoms with van der Waals surface area (Å²) < 4.78 is 0. The monoisotopic (exact) mass is 422 g/mol. The fourth-order valence-electron chi connectivity index (χ4n) is 3.93. The zero-order chi connectivity index (χ0) is 22.4. The smallest absolute Gasteiger partial charge is 0.226 e. The Morgan fingerprint density at radius 1 is 1.13 bits per heavy atom. The third-order valence-electron chi connectivity index (χ3n) is 5.28. The molecule has 1 aromatic carbocycles. The van der Waals surface area contributed by atoms with Gasteiger partial charge in [-0.25, -0.2) is 9.97 Å². The first-order valence-electron chi connectivity index (χ1n) is 11.0. The lowest BCUT2D eigenvalue weighted by atomic mass is 9.96. The topological polar surface area (TPSA) is 79.5 Å². The van der Waals surface area contributed by atoms with Gasteiger partial charge in [-0.2, -0.15) is 5.26 Å². The third kappa shape index (κ3) is 6.91. The maximum absolute atomic E-state index is 9.59. The molecule has 1 N–H and O–H groups in total. The number of benzene rings is 1. The number of anilines is 2. The van der Waals surface area contributed by atoms with E-state index in [2.05, 4.69) is 75.8 Å². The molecule has 0 aliphatic carbocycles. The van der Waals surface area contributed by atoms with E-state index in [4.69, 9.17) is 0 Å². The maximum Gasteiger partial charge on any atom is 0.226 e. The second kappa shape index (κ2) is 10.1. The molecule has 1 fully saturated rings. The van der Waals surface area contributed by atoms with Crippen LogP contribution in [0.2, 0.25) is 0 Å². The van der Waals surface area contributed by atoms with Crippen molar-refractivity contribution in [2.24, 2.45) is 5.41 Å². The molecule has 2 heterocycles. The maximum atomic E-state index is 9.59. The van der Waals surface area contributed by atoms with E-state index in [0.29, 0.717) is 18.2 Å². The number of rotatable bonds is 7. The van der Waals surface area contributed by atoms with E-state index in [0.717, 1.165) is 39.3 Å². The highest BCUT2D eigenvalue weighted by Crippen LogP contribution is 2.23. The molecule has 3 rings (SSSR count). The van der Waals surface area contributed by atoms with Gasteiger partial charge in [0.1, 0.15) is 11.8 Å². The predicted octanol–water partition coefficient (Wildman–Crippen LogP) is 2.90. The van der Waals surface area contributed by atoms with E-state index >= 15 is 0 Å². The zero-order valence-electron chi connectivity index (χ0n) is 19.1. The number of aliphatic hydroxyl groups excluding tert-OH is 1. The molecular formula is C24H34N6O. The molecule has 1 saturated heterocycles. The van der Waals surface area contributed by atoms with Crippen molar-refractivity contribution < 1.29 is 5.11 Å². The van der Waals surface area contributed by atoms with Gasteiger partial charge in [0.15, 0.2) is 0 Å². The van der Waals surface area contributed by atoms with Crippen molar-refractivity contribution in [3.8, 4) is 6.07 Å². The molecular weight excluding hydrogens is 388 g/mol. The van der Waals surface area contributed by atoms with E-state index < -0.39 is 0 Å². The highest BCUT2D eigenvalue weighted by atomic mass is 16.3. The van der Waals surface area contributed by atoms with Crippen molar-refractivity contribution in [1.29, 1.82) is 5.26 Å². The van der Waals surface area contributed by atoms with Crippen LogP contribution in [0.25, 0.3) is 0 Å². The van der Waals surface area contributed by atoms with E-state index in [1.54, 1.807) is 12.3 Å². The number of aromatic nitrogens is 2. The first-order chi connectivity index (χ1) is 14.7. The van der Waals surface area contributed by atoms with Crippen LogP contribution in [0.1, 0.15) is 39.0 Å². The normalized spacial score (nSPS) is 16.1. The molecule has 0 amide bonds. The Kier molecular flexibility index (Phi) is 7.47. The lowest BCUT2D eigenvalue weighted by Gasteiger charge is -2.36. The Balaban J connectivity index is 1.68. The van der Waals surface area contributed by atoms with Crippen molar-refractivity contribution in [2.75, 3.05) is 49.1 Å². The number of nitriles is 1. The van der Waals surface area contributed by atoms with Gasteiger partial charge in [0.05, 0.1) is 6.10 Å². The molecule has 1 atom stereocenters. The van der Waals surface area contributed by atoms with E-state index in [-0.39, 0.29) is 11.5 Å². The van der Waals surface area contributed by atoms with Crippen LogP contribution in [0, 0.1) is 16.7 Å². The first-order valence-corrected chi connectivity index (χ1v) is 11.0. The Morgan fingerprint density at radius 2 is 1.81 bits per heavy atom. The summed E-state index contributed by atoms with van der Waals surface area (Å²) in [6.45, 7) is 14.5. The van der Waals surface area contributed by atoms with Gasteiger partial charge >= 0.3 is 0 Å². The molecule has 1 aromatic heterocycles. The van der Waals surface area contributed by atoms with Crippen LogP contribution in [0.5, 0.6) is 0 Å². The summed E-state index contributed by atoms with van der Waals surface area (Å²) in [7, 11) is 0. The third-order valence-corrected chi connectivity index (χ3v) is 5.28. The molecule has 7 heteroatoms. The summed E-state index contributed by atoms with van der Waals surface area (Å²) in [6, 6.07) is 12.4. The zero-order valence-corrected chi connectivity index (χ0v) is 19.1. The number of piperazine rings is 1. The molecule has 2 aromatic rings. The van der Waals surface area contributed by atoms with Crippen LogP contribution >= 0.6 is 0 Å². The van der Waals surface area contributed by atoms with Crippen molar-refractivity contribution in [3.05, 3.63) is 47.8 Å². The van der Waals surface area contributed by atoms with Gasteiger partial charge in [-0.15, -0.1) is 0 Å². The van der Waals surface area contributed by atoms with Crippen LogP contribution in [-0.4, -0.2) is 65.3 Å². The predicted molar refractivity (Wildman–Crippen MR) is 124 cm³/mol. The second-order valence-corrected chi connectivity index (χ2v) is 9.57. The highest BCUT2D eigenvalue weighted by molar-refractivity contribution is 5.49. The summed E-state index contributed by atoms with van der Waals surface area (Å²) in [5.74, 6) is 0.590. The van der Waals surface area contributed by atoms with Crippen LogP contribution in [0.3, 0.4) is 0 Å². The molecule has 7 nitrogen and oxygen atoms in total. The number of hydrogen-bond donors (Lipinski definition) is 1. The minimum atomic E-state index is -0.278. The highest BCUT2D eigenvalue weighted by Gasteiger charge is 2.21. The molecule has 31 heavy (non-hydrogen) atoms. The Hall–Kier alpha value is -2.69. The first kappa shape index (κ1) is 23.0. The van der Waals surface area contributed by atoms with Gasteiger partial charge in [-0.1, -0.05) is 32.9 Å². The van der Waals surface area contributed by atoms with Crippen molar-refractivity contribution in [3.63, 3.8) is 0 Å². The van der Waals surface area contributed by atoms with Gasteiger partial charge < -0.3 is 14.9 Å².